The summed E-state index contributed by atoms with van der Waals surface area (Å²) in [6.45, 7) is -0.623. The maximum absolute atomic E-state index is 12.6. The quantitative estimate of drug-likeness (QED) is 0.786. The number of sulfonamides is 1. The van der Waals surface area contributed by atoms with Crippen molar-refractivity contribution in [2.75, 3.05) is 24.2 Å². The van der Waals surface area contributed by atoms with Crippen LogP contribution in [0.1, 0.15) is 30.9 Å². The molecule has 2 aliphatic rings. The van der Waals surface area contributed by atoms with Crippen LogP contribution in [0.15, 0.2) is 6.20 Å². The van der Waals surface area contributed by atoms with Crippen LogP contribution in [-0.2, 0) is 16.6 Å². The highest BCUT2D eigenvalue weighted by molar-refractivity contribution is 7.89. The molecule has 0 aromatic carbocycles. The molecule has 0 radical (unpaired) electrons. The number of carbonyl (C=O) groups excluding carboxylic acids is 1. The lowest BCUT2D eigenvalue weighted by Gasteiger charge is -2.17. The Morgan fingerprint density at radius 3 is 2.62 bits per heavy atom. The number of nitrogens with two attached hydrogens (primary N) is 1. The van der Waals surface area contributed by atoms with Crippen LogP contribution in [0.3, 0.4) is 0 Å². The fourth-order valence-electron chi connectivity index (χ4n) is 3.13. The van der Waals surface area contributed by atoms with Gasteiger partial charge in [-0.3, -0.25) is 4.68 Å². The number of carbonyl (C=O) groups is 1. The molecule has 26 heavy (non-hydrogen) atoms. The summed E-state index contributed by atoms with van der Waals surface area (Å²) >= 11 is 0. The zero-order chi connectivity index (χ0) is 19.1. The standard InChI is InChI=1S/C14H20F3N5O3S/c15-14(16,17)8-22-6-11(12(20-22)10-1-2-10)19-13(23)21-4-3-9(5-21)7-26(18,24)25/h6,9-10H,1-5,7-8H2,(H,19,23)(H2,18,24,25). The van der Waals surface area contributed by atoms with E-state index < -0.39 is 28.8 Å². The first-order chi connectivity index (χ1) is 12.0. The maximum atomic E-state index is 12.6. The number of nitrogens with zero attached hydrogens (tertiary/aromatic N) is 3. The predicted molar refractivity (Wildman–Crippen MR) is 86.9 cm³/mol. The van der Waals surface area contributed by atoms with Crippen LogP contribution in [0.5, 0.6) is 0 Å². The second-order valence-corrected chi connectivity index (χ2v) is 8.53. The van der Waals surface area contributed by atoms with Crippen LogP contribution in [0, 0.1) is 5.92 Å². The van der Waals surface area contributed by atoms with Crippen LogP contribution < -0.4 is 10.5 Å². The molecule has 1 aromatic heterocycles. The van der Waals surface area contributed by atoms with E-state index in [0.29, 0.717) is 18.7 Å². The van der Waals surface area contributed by atoms with Gasteiger partial charge in [0, 0.05) is 25.2 Å². The van der Waals surface area contributed by atoms with Crippen LogP contribution in [0.2, 0.25) is 0 Å². The lowest BCUT2D eigenvalue weighted by Crippen LogP contribution is -2.34. The van der Waals surface area contributed by atoms with Gasteiger partial charge in [-0.1, -0.05) is 0 Å². The Hall–Kier alpha value is -1.82. The van der Waals surface area contributed by atoms with E-state index in [2.05, 4.69) is 10.4 Å². The highest BCUT2D eigenvalue weighted by atomic mass is 32.2. The van der Waals surface area contributed by atoms with Crippen molar-refractivity contribution >= 4 is 21.7 Å². The number of hydrogen-bond donors (Lipinski definition) is 2. The molecule has 1 aliphatic carbocycles. The van der Waals surface area contributed by atoms with E-state index in [4.69, 9.17) is 5.14 Å². The number of amides is 2. The van der Waals surface area contributed by atoms with Crippen molar-refractivity contribution in [3.63, 3.8) is 0 Å². The van der Waals surface area contributed by atoms with E-state index in [1.54, 1.807) is 0 Å². The predicted octanol–water partition coefficient (Wildman–Crippen LogP) is 1.47. The fourth-order valence-corrected chi connectivity index (χ4v) is 4.06. The van der Waals surface area contributed by atoms with Crippen molar-refractivity contribution in [2.24, 2.45) is 11.1 Å². The van der Waals surface area contributed by atoms with Gasteiger partial charge in [-0.25, -0.2) is 18.4 Å². The smallest absolute Gasteiger partial charge is 0.324 e. The highest BCUT2D eigenvalue weighted by Gasteiger charge is 2.34. The van der Waals surface area contributed by atoms with Gasteiger partial charge in [0.05, 0.1) is 17.1 Å². The molecule has 2 amide bonds. The van der Waals surface area contributed by atoms with E-state index in [1.807, 2.05) is 0 Å². The van der Waals surface area contributed by atoms with Gasteiger partial charge in [0.2, 0.25) is 10.0 Å². The number of anilines is 1. The minimum absolute atomic E-state index is 0.0634. The van der Waals surface area contributed by atoms with E-state index >= 15 is 0 Å². The topological polar surface area (TPSA) is 110 Å². The number of likely N-dealkylation sites (tertiary alicyclic amines) is 1. The lowest BCUT2D eigenvalue weighted by molar-refractivity contribution is -0.142. The number of nitrogens with one attached hydrogen (secondary N) is 1. The Morgan fingerprint density at radius 1 is 1.35 bits per heavy atom. The molecule has 146 valence electrons. The van der Waals surface area contributed by atoms with Crippen LogP contribution in [-0.4, -0.2) is 54.1 Å². The molecule has 0 spiro atoms. The monoisotopic (exact) mass is 395 g/mol. The molecule has 2 fully saturated rings. The van der Waals surface area contributed by atoms with Gasteiger partial charge in [-0.15, -0.1) is 0 Å². The van der Waals surface area contributed by atoms with E-state index in [-0.39, 0.29) is 29.8 Å². The van der Waals surface area contributed by atoms with Gasteiger partial charge in [0.25, 0.3) is 0 Å². The van der Waals surface area contributed by atoms with Crippen molar-refractivity contribution in [1.29, 1.82) is 0 Å². The zero-order valence-corrected chi connectivity index (χ0v) is 14.7. The molecule has 1 aliphatic heterocycles. The number of hydrogen-bond acceptors (Lipinski definition) is 4. The molecule has 2 heterocycles. The summed E-state index contributed by atoms with van der Waals surface area (Å²) in [5.41, 5.74) is 0.736. The lowest BCUT2D eigenvalue weighted by atomic mass is 10.2. The second kappa shape index (κ2) is 6.72. The SMILES string of the molecule is NS(=O)(=O)CC1CCN(C(=O)Nc2cn(CC(F)(F)F)nc2C2CC2)C1. The summed E-state index contributed by atoms with van der Waals surface area (Å²) in [5, 5.41) is 11.6. The summed E-state index contributed by atoms with van der Waals surface area (Å²) in [7, 11) is -3.62. The van der Waals surface area contributed by atoms with Crippen molar-refractivity contribution in [2.45, 2.75) is 37.9 Å². The summed E-state index contributed by atoms with van der Waals surface area (Å²) in [4.78, 5) is 13.8. The Labute approximate surface area is 148 Å². The van der Waals surface area contributed by atoms with Crippen molar-refractivity contribution in [3.8, 4) is 0 Å². The molecule has 12 heteroatoms. The average Bonchev–Trinajstić information content (AvgIpc) is 3.09. The molecule has 8 nitrogen and oxygen atoms in total. The Kier molecular flexibility index (Phi) is 4.90. The van der Waals surface area contributed by atoms with Gasteiger partial charge >= 0.3 is 12.2 Å². The van der Waals surface area contributed by atoms with Crippen LogP contribution >= 0.6 is 0 Å². The first kappa shape index (κ1) is 19.0. The minimum atomic E-state index is -4.40. The van der Waals surface area contributed by atoms with Crippen molar-refractivity contribution in [1.82, 2.24) is 14.7 Å². The Bertz CT molecular complexity index is 788. The summed E-state index contributed by atoms with van der Waals surface area (Å²) < 4.78 is 60.8. The van der Waals surface area contributed by atoms with E-state index in [9.17, 15) is 26.4 Å². The van der Waals surface area contributed by atoms with Gasteiger partial charge in [-0.05, 0) is 25.2 Å². The van der Waals surface area contributed by atoms with Gasteiger partial charge < -0.3 is 10.2 Å². The largest absolute Gasteiger partial charge is 0.408 e. The molecule has 0 bridgehead atoms. The number of rotatable bonds is 5. The summed E-state index contributed by atoms with van der Waals surface area (Å²) in [6.07, 6.45) is -1.05. The summed E-state index contributed by atoms with van der Waals surface area (Å²) in [5.74, 6) is -0.381. The molecule has 1 saturated heterocycles. The maximum Gasteiger partial charge on any atom is 0.408 e. The van der Waals surface area contributed by atoms with Crippen LogP contribution in [0.25, 0.3) is 0 Å². The normalized spacial score (nSPS) is 21.2. The molecule has 1 aromatic rings. The number of primary sulfonamides is 1. The van der Waals surface area contributed by atoms with E-state index in [1.165, 1.54) is 11.1 Å². The number of alkyl halides is 3. The fraction of sp³-hybridized carbons (Fsp3) is 0.714. The Balaban J connectivity index is 1.66. The third-order valence-electron chi connectivity index (χ3n) is 4.38. The molecule has 1 unspecified atom stereocenters. The number of urea groups is 1. The summed E-state index contributed by atoms with van der Waals surface area (Å²) in [6, 6.07) is -0.477. The van der Waals surface area contributed by atoms with Gasteiger partial charge in [-0.2, -0.15) is 18.3 Å². The molecule has 3 N–H and O–H groups in total. The second-order valence-electron chi connectivity index (χ2n) is 6.88. The third kappa shape index (κ3) is 5.10. The molecular formula is C14H20F3N5O3S. The Morgan fingerprint density at radius 2 is 2.04 bits per heavy atom. The zero-order valence-electron chi connectivity index (χ0n) is 13.9. The van der Waals surface area contributed by atoms with Crippen molar-refractivity contribution in [3.05, 3.63) is 11.9 Å². The third-order valence-corrected chi connectivity index (χ3v) is 5.31. The first-order valence-electron chi connectivity index (χ1n) is 8.21. The average molecular weight is 395 g/mol. The number of halogens is 3. The first-order valence-corrected chi connectivity index (χ1v) is 9.92. The van der Waals surface area contributed by atoms with Crippen molar-refractivity contribution < 1.29 is 26.4 Å². The molecule has 1 saturated carbocycles. The number of aromatic nitrogens is 2. The highest BCUT2D eigenvalue weighted by Crippen LogP contribution is 2.42. The molecular weight excluding hydrogens is 375 g/mol. The van der Waals surface area contributed by atoms with E-state index in [0.717, 1.165) is 17.5 Å². The molecule has 3 rings (SSSR count). The van der Waals surface area contributed by atoms with Crippen LogP contribution in [0.4, 0.5) is 23.7 Å². The minimum Gasteiger partial charge on any atom is -0.324 e. The van der Waals surface area contributed by atoms with Gasteiger partial charge in [0.15, 0.2) is 0 Å². The van der Waals surface area contributed by atoms with Gasteiger partial charge in [0.1, 0.15) is 6.54 Å². The molecule has 1 atom stereocenters.